The van der Waals surface area contributed by atoms with Gasteiger partial charge in [-0.3, -0.25) is 5.10 Å². The number of nitrogens with zero attached hydrogens (tertiary/aromatic N) is 5. The van der Waals surface area contributed by atoms with Crippen LogP contribution in [0.2, 0.25) is 0 Å². The van der Waals surface area contributed by atoms with Crippen molar-refractivity contribution >= 4 is 28.1 Å². The van der Waals surface area contributed by atoms with Gasteiger partial charge in [0, 0.05) is 30.6 Å². The molecule has 0 spiro atoms. The molecular formula is C25H22FN7O. The topological polar surface area (TPSA) is 110 Å². The van der Waals surface area contributed by atoms with Gasteiger partial charge in [0.25, 0.3) is 0 Å². The van der Waals surface area contributed by atoms with E-state index in [-0.39, 0.29) is 11.2 Å². The zero-order valence-corrected chi connectivity index (χ0v) is 18.3. The number of piperidine rings is 1. The second-order valence-corrected chi connectivity index (χ2v) is 9.21. The quantitative estimate of drug-likeness (QED) is 0.426. The molecule has 7 rings (SSSR count). The van der Waals surface area contributed by atoms with E-state index in [4.69, 9.17) is 20.1 Å². The Bertz CT molecular complexity index is 1540. The van der Waals surface area contributed by atoms with Crippen LogP contribution < -0.4 is 10.6 Å². The molecule has 3 N–H and O–H groups in total. The smallest absolute Gasteiger partial charge is 0.202 e. The number of rotatable bonds is 4. The summed E-state index contributed by atoms with van der Waals surface area (Å²) in [4.78, 5) is 15.9. The maximum Gasteiger partial charge on any atom is 0.202 e. The summed E-state index contributed by atoms with van der Waals surface area (Å²) >= 11 is 0. The normalized spacial score (nSPS) is 24.0. The second kappa shape index (κ2) is 7.07. The van der Waals surface area contributed by atoms with Crippen molar-refractivity contribution in [2.45, 2.75) is 11.8 Å². The minimum absolute atomic E-state index is 0.164. The molecule has 0 unspecified atom stereocenters. The highest BCUT2D eigenvalue weighted by molar-refractivity contribution is 5.90. The fourth-order valence-electron chi connectivity index (χ4n) is 5.99. The number of aromatic amines is 1. The van der Waals surface area contributed by atoms with Crippen molar-refractivity contribution in [1.82, 2.24) is 25.1 Å². The highest BCUT2D eigenvalue weighted by Crippen LogP contribution is 2.63. The van der Waals surface area contributed by atoms with Crippen molar-refractivity contribution in [2.75, 3.05) is 24.5 Å². The zero-order valence-electron chi connectivity index (χ0n) is 18.3. The monoisotopic (exact) mass is 455 g/mol. The second-order valence-electron chi connectivity index (χ2n) is 9.21. The van der Waals surface area contributed by atoms with Crippen LogP contribution in [0.15, 0.2) is 59.5 Å². The Kier molecular flexibility index (Phi) is 4.08. The van der Waals surface area contributed by atoms with E-state index in [1.807, 2.05) is 30.3 Å². The Hall–Kier alpha value is -3.85. The number of halogens is 1. The van der Waals surface area contributed by atoms with Gasteiger partial charge in [0.15, 0.2) is 12.0 Å². The van der Waals surface area contributed by atoms with Gasteiger partial charge in [0.2, 0.25) is 5.65 Å². The molecule has 1 saturated heterocycles. The van der Waals surface area contributed by atoms with Gasteiger partial charge in [0.05, 0.1) is 11.9 Å². The molecule has 5 aromatic rings. The van der Waals surface area contributed by atoms with Gasteiger partial charge in [-0.2, -0.15) is 5.10 Å². The molecule has 8 nitrogen and oxygen atoms in total. The molecule has 0 amide bonds. The largest absolute Gasteiger partial charge is 0.443 e. The van der Waals surface area contributed by atoms with Gasteiger partial charge in [0.1, 0.15) is 22.7 Å². The van der Waals surface area contributed by atoms with E-state index in [0.29, 0.717) is 35.1 Å². The SMILES string of the molecule is NC[C@]1(c2ccccc2F)[C@@H]2CCN(c3cnc4c(-c5ccc6ncoc6c5)[nH]nc4n3)C[C@@H]21. The number of H-pyrrole nitrogens is 1. The van der Waals surface area contributed by atoms with E-state index in [1.165, 1.54) is 12.5 Å². The minimum Gasteiger partial charge on any atom is -0.443 e. The van der Waals surface area contributed by atoms with Crippen molar-refractivity contribution in [2.24, 2.45) is 17.6 Å². The summed E-state index contributed by atoms with van der Waals surface area (Å²) in [6.45, 7) is 2.05. The predicted octanol–water partition coefficient (Wildman–Crippen LogP) is 3.65. The zero-order chi connectivity index (χ0) is 22.9. The van der Waals surface area contributed by atoms with Gasteiger partial charge in [-0.25, -0.2) is 19.3 Å². The standard InChI is InChI=1S/C25H22FN7O/c26-18-4-2-1-3-16(18)25(12-27)15-7-8-33(11-17(15)25)21-10-28-23-22(31-32-24(23)30-21)14-5-6-19-20(9-14)34-13-29-19/h1-6,9-10,13,15,17H,7-8,11-12,27H2,(H,30,31,32)/t15-,17+,25-/m1/s1. The molecule has 1 aliphatic heterocycles. The molecular weight excluding hydrogens is 433 g/mol. The van der Waals surface area contributed by atoms with Crippen molar-refractivity contribution in [3.8, 4) is 11.3 Å². The van der Waals surface area contributed by atoms with Crippen molar-refractivity contribution in [3.63, 3.8) is 0 Å². The lowest BCUT2D eigenvalue weighted by atomic mass is 9.91. The number of fused-ring (bicyclic) bond motifs is 3. The van der Waals surface area contributed by atoms with Crippen LogP contribution in [-0.2, 0) is 5.41 Å². The third kappa shape index (κ3) is 2.67. The molecule has 2 aliphatic rings. The number of nitrogens with one attached hydrogen (secondary N) is 1. The molecule has 2 aromatic carbocycles. The van der Waals surface area contributed by atoms with E-state index < -0.39 is 0 Å². The summed E-state index contributed by atoms with van der Waals surface area (Å²) in [5.41, 5.74) is 11.1. The summed E-state index contributed by atoms with van der Waals surface area (Å²) < 4.78 is 20.1. The predicted molar refractivity (Wildman–Crippen MR) is 126 cm³/mol. The minimum atomic E-state index is -0.295. The lowest BCUT2D eigenvalue weighted by molar-refractivity contribution is 0.533. The number of hydrogen-bond donors (Lipinski definition) is 2. The number of aromatic nitrogens is 5. The van der Waals surface area contributed by atoms with E-state index >= 15 is 0 Å². The van der Waals surface area contributed by atoms with Crippen molar-refractivity contribution in [1.29, 1.82) is 0 Å². The van der Waals surface area contributed by atoms with Gasteiger partial charge < -0.3 is 15.1 Å². The molecule has 2 fully saturated rings. The average molecular weight is 455 g/mol. The summed E-state index contributed by atoms with van der Waals surface area (Å²) in [5, 5.41) is 7.48. The first kappa shape index (κ1) is 19.6. The third-order valence-electron chi connectivity index (χ3n) is 7.74. The Labute approximate surface area is 194 Å². The van der Waals surface area contributed by atoms with Crippen LogP contribution in [0.1, 0.15) is 12.0 Å². The molecule has 9 heteroatoms. The fraction of sp³-hybridized carbons (Fsp3) is 0.280. The third-order valence-corrected chi connectivity index (χ3v) is 7.74. The number of benzene rings is 2. The number of hydrogen-bond acceptors (Lipinski definition) is 7. The lowest BCUT2D eigenvalue weighted by Crippen LogP contribution is -2.32. The molecule has 0 radical (unpaired) electrons. The molecule has 3 atom stereocenters. The first-order valence-electron chi connectivity index (χ1n) is 11.4. The molecule has 4 heterocycles. The maximum absolute atomic E-state index is 14.6. The Morgan fingerprint density at radius 1 is 1.18 bits per heavy atom. The van der Waals surface area contributed by atoms with E-state index in [9.17, 15) is 4.39 Å². The van der Waals surface area contributed by atoms with Gasteiger partial charge in [-0.05, 0) is 42.0 Å². The Balaban J connectivity index is 1.18. The molecule has 170 valence electrons. The van der Waals surface area contributed by atoms with E-state index in [1.54, 1.807) is 12.3 Å². The van der Waals surface area contributed by atoms with Crippen LogP contribution in [0.5, 0.6) is 0 Å². The van der Waals surface area contributed by atoms with Gasteiger partial charge in [-0.15, -0.1) is 0 Å². The Morgan fingerprint density at radius 3 is 2.97 bits per heavy atom. The summed E-state index contributed by atoms with van der Waals surface area (Å²) in [6, 6.07) is 12.8. The van der Waals surface area contributed by atoms with Crippen LogP contribution in [0.25, 0.3) is 33.5 Å². The van der Waals surface area contributed by atoms with Crippen LogP contribution in [-0.4, -0.2) is 44.8 Å². The highest BCUT2D eigenvalue weighted by Gasteiger charge is 2.66. The molecule has 1 saturated carbocycles. The maximum atomic E-state index is 14.6. The van der Waals surface area contributed by atoms with Crippen LogP contribution in [0.4, 0.5) is 10.2 Å². The molecule has 3 aromatic heterocycles. The van der Waals surface area contributed by atoms with Crippen LogP contribution in [0.3, 0.4) is 0 Å². The van der Waals surface area contributed by atoms with Crippen LogP contribution in [0, 0.1) is 17.7 Å². The number of nitrogens with two attached hydrogens (primary N) is 1. The lowest BCUT2D eigenvalue weighted by Gasteiger charge is -2.26. The first-order chi connectivity index (χ1) is 16.7. The van der Waals surface area contributed by atoms with Gasteiger partial charge >= 0.3 is 0 Å². The molecule has 34 heavy (non-hydrogen) atoms. The average Bonchev–Trinajstić information content (AvgIpc) is 3.17. The Morgan fingerprint density at radius 2 is 2.09 bits per heavy atom. The van der Waals surface area contributed by atoms with Crippen molar-refractivity contribution in [3.05, 3.63) is 66.4 Å². The summed E-state index contributed by atoms with van der Waals surface area (Å²) in [5.74, 6) is 1.30. The summed E-state index contributed by atoms with van der Waals surface area (Å²) in [7, 11) is 0. The summed E-state index contributed by atoms with van der Waals surface area (Å²) in [6.07, 6.45) is 4.17. The molecule has 0 bridgehead atoms. The highest BCUT2D eigenvalue weighted by atomic mass is 19.1. The van der Waals surface area contributed by atoms with Crippen molar-refractivity contribution < 1.29 is 8.81 Å². The van der Waals surface area contributed by atoms with Crippen LogP contribution >= 0.6 is 0 Å². The molecule has 1 aliphatic carbocycles. The van der Waals surface area contributed by atoms with Gasteiger partial charge in [-0.1, -0.05) is 24.3 Å². The number of oxazole rings is 1. The first-order valence-corrected chi connectivity index (χ1v) is 11.4. The van der Waals surface area contributed by atoms with E-state index in [2.05, 4.69) is 20.1 Å². The van der Waals surface area contributed by atoms with E-state index in [0.717, 1.165) is 47.7 Å². The number of anilines is 1. The fourth-order valence-corrected chi connectivity index (χ4v) is 5.99.